The number of halogens is 3. The van der Waals surface area contributed by atoms with Crippen LogP contribution in [0.1, 0.15) is 24.0 Å². The first kappa shape index (κ1) is 26.3. The highest BCUT2D eigenvalue weighted by Gasteiger charge is 2.26. The highest BCUT2D eigenvalue weighted by Crippen LogP contribution is 2.37. The standard InChI is InChI=1S/C31H28ClF2N5O/c32-29-30-23(18-25(34)31(29)38-15-13-37(14-16-38)26-6-2-1-5-22(26)19-35)28(40)9-12-39(30)27-8-7-21(17-24(27)33)20-36-10-3-4-11-36/h1-2,5-9,12,17-18H,3-4,10-11,13-16,20H2. The molecule has 6 nitrogen and oxygen atoms in total. The lowest BCUT2D eigenvalue weighted by atomic mass is 10.1. The second kappa shape index (κ2) is 10.9. The van der Waals surface area contributed by atoms with Crippen LogP contribution in [0.25, 0.3) is 16.6 Å². The molecule has 9 heteroatoms. The largest absolute Gasteiger partial charge is 0.367 e. The minimum Gasteiger partial charge on any atom is -0.367 e. The van der Waals surface area contributed by atoms with Crippen LogP contribution in [0.2, 0.25) is 5.02 Å². The van der Waals surface area contributed by atoms with Crippen LogP contribution in [0.15, 0.2) is 65.6 Å². The number of benzene rings is 3. The van der Waals surface area contributed by atoms with Gasteiger partial charge in [-0.25, -0.2) is 8.78 Å². The number of hydrogen-bond acceptors (Lipinski definition) is 5. The van der Waals surface area contributed by atoms with E-state index in [1.165, 1.54) is 29.0 Å². The van der Waals surface area contributed by atoms with E-state index in [2.05, 4.69) is 15.9 Å². The predicted octanol–water partition coefficient (Wildman–Crippen LogP) is 5.72. The number of likely N-dealkylation sites (tertiary alicyclic amines) is 1. The predicted molar refractivity (Wildman–Crippen MR) is 155 cm³/mol. The molecule has 2 aliphatic rings. The highest BCUT2D eigenvalue weighted by atomic mass is 35.5. The monoisotopic (exact) mass is 559 g/mol. The Morgan fingerprint density at radius 2 is 1.57 bits per heavy atom. The molecule has 0 unspecified atom stereocenters. The molecule has 3 heterocycles. The van der Waals surface area contributed by atoms with Crippen molar-refractivity contribution in [1.82, 2.24) is 9.47 Å². The molecule has 40 heavy (non-hydrogen) atoms. The lowest BCUT2D eigenvalue weighted by molar-refractivity contribution is 0.331. The molecule has 0 bridgehead atoms. The third-order valence-corrected chi connectivity index (χ3v) is 8.25. The van der Waals surface area contributed by atoms with Gasteiger partial charge in [0.1, 0.15) is 17.7 Å². The van der Waals surface area contributed by atoms with Crippen LogP contribution in [-0.2, 0) is 6.54 Å². The van der Waals surface area contributed by atoms with Gasteiger partial charge in [0.15, 0.2) is 5.43 Å². The topological polar surface area (TPSA) is 55.5 Å². The van der Waals surface area contributed by atoms with Crippen molar-refractivity contribution >= 4 is 33.9 Å². The molecule has 0 saturated carbocycles. The van der Waals surface area contributed by atoms with Gasteiger partial charge in [0.2, 0.25) is 0 Å². The molecule has 0 N–H and O–H groups in total. The molecule has 6 rings (SSSR count). The average Bonchev–Trinajstić information content (AvgIpc) is 3.47. The smallest absolute Gasteiger partial charge is 0.189 e. The maximum absolute atomic E-state index is 15.5. The molecular weight excluding hydrogens is 532 g/mol. The third kappa shape index (κ3) is 4.80. The Bertz CT molecular complexity index is 1680. The Kier molecular flexibility index (Phi) is 7.18. The molecule has 3 aromatic carbocycles. The van der Waals surface area contributed by atoms with Crippen LogP contribution in [0.4, 0.5) is 20.2 Å². The van der Waals surface area contributed by atoms with Gasteiger partial charge in [-0.1, -0.05) is 29.8 Å². The van der Waals surface area contributed by atoms with E-state index in [9.17, 15) is 10.1 Å². The summed E-state index contributed by atoms with van der Waals surface area (Å²) >= 11 is 6.88. The molecule has 0 amide bonds. The second-order valence-electron chi connectivity index (χ2n) is 10.3. The Morgan fingerprint density at radius 1 is 0.850 bits per heavy atom. The minimum atomic E-state index is -0.598. The number of pyridine rings is 1. The lowest BCUT2D eigenvalue weighted by Gasteiger charge is -2.38. The van der Waals surface area contributed by atoms with E-state index in [0.717, 1.165) is 37.2 Å². The fourth-order valence-electron chi connectivity index (χ4n) is 5.88. The molecule has 0 aliphatic carbocycles. The van der Waals surface area contributed by atoms with Gasteiger partial charge in [0, 0.05) is 45.0 Å². The zero-order chi connectivity index (χ0) is 27.8. The Hall–Kier alpha value is -3.93. The average molecular weight is 560 g/mol. The van der Waals surface area contributed by atoms with Gasteiger partial charge in [-0.3, -0.25) is 9.69 Å². The summed E-state index contributed by atoms with van der Waals surface area (Å²) in [5, 5.41) is 9.64. The van der Waals surface area contributed by atoms with Crippen molar-refractivity contribution in [2.24, 2.45) is 0 Å². The van der Waals surface area contributed by atoms with Crippen molar-refractivity contribution in [3.8, 4) is 11.8 Å². The van der Waals surface area contributed by atoms with E-state index < -0.39 is 11.6 Å². The maximum Gasteiger partial charge on any atom is 0.189 e. The van der Waals surface area contributed by atoms with Crippen LogP contribution >= 0.6 is 11.6 Å². The number of nitriles is 1. The number of rotatable bonds is 5. The van der Waals surface area contributed by atoms with Gasteiger partial charge >= 0.3 is 0 Å². The third-order valence-electron chi connectivity index (χ3n) is 7.89. The number of fused-ring (bicyclic) bond motifs is 1. The molecular formula is C31H28ClF2N5O. The summed E-state index contributed by atoms with van der Waals surface area (Å²) in [6.07, 6.45) is 3.81. The van der Waals surface area contributed by atoms with E-state index in [-0.39, 0.29) is 32.7 Å². The van der Waals surface area contributed by atoms with Crippen molar-refractivity contribution in [3.05, 3.63) is 98.8 Å². The molecule has 0 radical (unpaired) electrons. The molecule has 1 aromatic heterocycles. The quantitative estimate of drug-likeness (QED) is 0.313. The Labute approximate surface area is 236 Å². The minimum absolute atomic E-state index is 0.0686. The summed E-state index contributed by atoms with van der Waals surface area (Å²) in [6.45, 7) is 4.73. The Balaban J connectivity index is 1.35. The van der Waals surface area contributed by atoms with Gasteiger partial charge in [0.25, 0.3) is 0 Å². The van der Waals surface area contributed by atoms with E-state index in [4.69, 9.17) is 11.6 Å². The van der Waals surface area contributed by atoms with Crippen LogP contribution < -0.4 is 15.2 Å². The number of piperazine rings is 1. The van der Waals surface area contributed by atoms with Crippen molar-refractivity contribution in [2.75, 3.05) is 49.1 Å². The first-order chi connectivity index (χ1) is 19.4. The first-order valence-electron chi connectivity index (χ1n) is 13.5. The van der Waals surface area contributed by atoms with Crippen LogP contribution in [0.3, 0.4) is 0 Å². The number of hydrogen-bond donors (Lipinski definition) is 0. The summed E-state index contributed by atoms with van der Waals surface area (Å²) in [4.78, 5) is 19.0. The number of para-hydroxylation sites is 1. The van der Waals surface area contributed by atoms with Crippen LogP contribution in [0.5, 0.6) is 0 Å². The molecule has 0 atom stereocenters. The van der Waals surface area contributed by atoms with Crippen LogP contribution in [-0.4, -0.2) is 48.7 Å². The lowest BCUT2D eigenvalue weighted by Crippen LogP contribution is -2.47. The zero-order valence-electron chi connectivity index (χ0n) is 21.9. The summed E-state index contributed by atoms with van der Waals surface area (Å²) in [5.74, 6) is -1.03. The van der Waals surface area contributed by atoms with Crippen molar-refractivity contribution < 1.29 is 8.78 Å². The molecule has 2 saturated heterocycles. The second-order valence-corrected chi connectivity index (χ2v) is 10.7. The Morgan fingerprint density at radius 3 is 2.30 bits per heavy atom. The van der Waals surface area contributed by atoms with E-state index >= 15 is 8.78 Å². The summed E-state index contributed by atoms with van der Waals surface area (Å²) in [6, 6.07) is 17.2. The molecule has 2 aliphatic heterocycles. The van der Waals surface area contributed by atoms with Gasteiger partial charge < -0.3 is 14.4 Å². The number of nitrogens with zero attached hydrogens (tertiary/aromatic N) is 5. The summed E-state index contributed by atoms with van der Waals surface area (Å²) in [7, 11) is 0. The van der Waals surface area contributed by atoms with Crippen molar-refractivity contribution in [1.29, 1.82) is 5.26 Å². The molecule has 2 fully saturated rings. The van der Waals surface area contributed by atoms with Gasteiger partial charge in [-0.05, 0) is 61.8 Å². The van der Waals surface area contributed by atoms with E-state index in [0.29, 0.717) is 38.3 Å². The fraction of sp³-hybridized carbons (Fsp3) is 0.290. The van der Waals surface area contributed by atoms with Gasteiger partial charge in [-0.2, -0.15) is 5.26 Å². The maximum atomic E-state index is 15.5. The van der Waals surface area contributed by atoms with Gasteiger partial charge in [-0.15, -0.1) is 0 Å². The summed E-state index contributed by atoms with van der Waals surface area (Å²) in [5.41, 5.74) is 2.62. The summed E-state index contributed by atoms with van der Waals surface area (Å²) < 4.78 is 32.6. The molecule has 204 valence electrons. The fourth-order valence-corrected chi connectivity index (χ4v) is 6.28. The number of anilines is 2. The highest BCUT2D eigenvalue weighted by molar-refractivity contribution is 6.38. The van der Waals surface area contributed by atoms with Gasteiger partial charge in [0.05, 0.1) is 38.6 Å². The number of aromatic nitrogens is 1. The van der Waals surface area contributed by atoms with Crippen molar-refractivity contribution in [2.45, 2.75) is 19.4 Å². The van der Waals surface area contributed by atoms with E-state index in [1.807, 2.05) is 29.2 Å². The zero-order valence-corrected chi connectivity index (χ0v) is 22.7. The SMILES string of the molecule is N#Cc1ccccc1N1CCN(c2c(F)cc3c(=O)ccn(-c4ccc(CN5CCCC5)cc4F)c3c2Cl)CC1. The van der Waals surface area contributed by atoms with Crippen molar-refractivity contribution in [3.63, 3.8) is 0 Å². The van der Waals surface area contributed by atoms with Crippen LogP contribution in [0, 0.1) is 23.0 Å². The molecule has 0 spiro atoms. The normalized spacial score (nSPS) is 16.1. The first-order valence-corrected chi connectivity index (χ1v) is 13.9. The van der Waals surface area contributed by atoms with E-state index in [1.54, 1.807) is 12.1 Å². The molecule has 4 aromatic rings.